The van der Waals surface area contributed by atoms with Gasteiger partial charge in [0.25, 0.3) is 0 Å². The van der Waals surface area contributed by atoms with E-state index < -0.39 is 0 Å². The molecule has 1 aliphatic rings. The molecule has 0 saturated carbocycles. The summed E-state index contributed by atoms with van der Waals surface area (Å²) in [7, 11) is 0. The Hall–Kier alpha value is -2.59. The molecule has 0 spiro atoms. The Morgan fingerprint density at radius 3 is 2.57 bits per heavy atom. The highest BCUT2D eigenvalue weighted by atomic mass is 16.5. The molecule has 23 heavy (non-hydrogen) atoms. The fourth-order valence-electron chi connectivity index (χ4n) is 2.93. The van der Waals surface area contributed by atoms with Gasteiger partial charge >= 0.3 is 0 Å². The lowest BCUT2D eigenvalue weighted by Crippen LogP contribution is -2.36. The van der Waals surface area contributed by atoms with Gasteiger partial charge in [0.15, 0.2) is 0 Å². The monoisotopic (exact) mass is 305 g/mol. The number of benzene rings is 2. The van der Waals surface area contributed by atoms with Crippen molar-refractivity contribution in [2.24, 2.45) is 0 Å². The summed E-state index contributed by atoms with van der Waals surface area (Å²) in [5.74, 6) is 0.865. The standard InChI is InChI=1S/C19H19N3O/c1-2-6-16-15(5-1)9-10-19(20-16)21-17-7-3-4-8-18(17)22-11-13-23-14-12-22/h1-10H,11-14H2,(H,20,21). The second-order valence-electron chi connectivity index (χ2n) is 5.63. The number of nitrogens with one attached hydrogen (secondary N) is 1. The third-order valence-electron chi connectivity index (χ3n) is 4.12. The van der Waals surface area contributed by atoms with Gasteiger partial charge in [0.05, 0.1) is 30.1 Å². The quantitative estimate of drug-likeness (QED) is 0.798. The number of hydrogen-bond donors (Lipinski definition) is 1. The Morgan fingerprint density at radius 1 is 0.870 bits per heavy atom. The normalized spacial score (nSPS) is 14.9. The van der Waals surface area contributed by atoms with Crippen LogP contribution in [-0.2, 0) is 4.74 Å². The molecule has 4 rings (SSSR count). The molecule has 2 aromatic carbocycles. The SMILES string of the molecule is c1ccc(N2CCOCC2)c(Nc2ccc3ccccc3n2)c1. The molecule has 0 amide bonds. The zero-order valence-electron chi connectivity index (χ0n) is 12.9. The largest absolute Gasteiger partial charge is 0.378 e. The number of para-hydroxylation sites is 3. The van der Waals surface area contributed by atoms with E-state index in [4.69, 9.17) is 9.72 Å². The summed E-state index contributed by atoms with van der Waals surface area (Å²) in [6.07, 6.45) is 0. The first-order chi connectivity index (χ1) is 11.4. The molecular formula is C19H19N3O. The molecule has 0 radical (unpaired) electrons. The summed E-state index contributed by atoms with van der Waals surface area (Å²) < 4.78 is 5.45. The van der Waals surface area contributed by atoms with Crippen molar-refractivity contribution in [3.8, 4) is 0 Å². The number of fused-ring (bicyclic) bond motifs is 1. The highest BCUT2D eigenvalue weighted by Crippen LogP contribution is 2.29. The van der Waals surface area contributed by atoms with Crippen LogP contribution in [0.1, 0.15) is 0 Å². The van der Waals surface area contributed by atoms with Gasteiger partial charge in [0, 0.05) is 18.5 Å². The van der Waals surface area contributed by atoms with Crippen LogP contribution in [0.25, 0.3) is 10.9 Å². The van der Waals surface area contributed by atoms with Gasteiger partial charge in [-0.25, -0.2) is 4.98 Å². The second-order valence-corrected chi connectivity index (χ2v) is 5.63. The van der Waals surface area contributed by atoms with Gasteiger partial charge < -0.3 is 15.0 Å². The number of ether oxygens (including phenoxy) is 1. The number of anilines is 3. The van der Waals surface area contributed by atoms with Gasteiger partial charge in [-0.15, -0.1) is 0 Å². The summed E-state index contributed by atoms with van der Waals surface area (Å²) in [5.41, 5.74) is 3.28. The predicted molar refractivity (Wildman–Crippen MR) is 94.5 cm³/mol. The van der Waals surface area contributed by atoms with Gasteiger partial charge in [0.2, 0.25) is 0 Å². The van der Waals surface area contributed by atoms with Crippen LogP contribution in [0.4, 0.5) is 17.2 Å². The summed E-state index contributed by atoms with van der Waals surface area (Å²) in [6, 6.07) is 20.7. The van der Waals surface area contributed by atoms with Crippen molar-refractivity contribution in [2.45, 2.75) is 0 Å². The zero-order valence-corrected chi connectivity index (χ0v) is 12.9. The number of hydrogen-bond acceptors (Lipinski definition) is 4. The van der Waals surface area contributed by atoms with E-state index >= 15 is 0 Å². The third kappa shape index (κ3) is 2.98. The Kier molecular flexibility index (Phi) is 3.82. The second kappa shape index (κ2) is 6.26. The Labute approximate surface area is 135 Å². The van der Waals surface area contributed by atoms with Crippen LogP contribution in [0, 0.1) is 0 Å². The minimum absolute atomic E-state index is 0.780. The van der Waals surface area contributed by atoms with Gasteiger partial charge in [-0.1, -0.05) is 30.3 Å². The van der Waals surface area contributed by atoms with Crippen LogP contribution in [0.3, 0.4) is 0 Å². The van der Waals surface area contributed by atoms with Crippen molar-refractivity contribution in [1.29, 1.82) is 0 Å². The van der Waals surface area contributed by atoms with Gasteiger partial charge in [-0.05, 0) is 30.3 Å². The fourth-order valence-corrected chi connectivity index (χ4v) is 2.93. The topological polar surface area (TPSA) is 37.4 Å². The Morgan fingerprint density at radius 2 is 1.65 bits per heavy atom. The lowest BCUT2D eigenvalue weighted by atomic mass is 10.2. The third-order valence-corrected chi connectivity index (χ3v) is 4.12. The van der Waals surface area contributed by atoms with Crippen LogP contribution in [0.2, 0.25) is 0 Å². The molecule has 0 unspecified atom stereocenters. The highest BCUT2D eigenvalue weighted by molar-refractivity contribution is 5.82. The fraction of sp³-hybridized carbons (Fsp3) is 0.211. The summed E-state index contributed by atoms with van der Waals surface area (Å²) in [6.45, 7) is 3.40. The average Bonchev–Trinajstić information content (AvgIpc) is 2.63. The van der Waals surface area contributed by atoms with E-state index in [1.807, 2.05) is 30.3 Å². The Balaban J connectivity index is 1.64. The van der Waals surface area contributed by atoms with Crippen LogP contribution >= 0.6 is 0 Å². The maximum atomic E-state index is 5.45. The number of morpholine rings is 1. The van der Waals surface area contributed by atoms with Gasteiger partial charge in [-0.3, -0.25) is 0 Å². The first-order valence-electron chi connectivity index (χ1n) is 7.95. The Bertz CT molecular complexity index is 812. The van der Waals surface area contributed by atoms with Crippen molar-refractivity contribution in [2.75, 3.05) is 36.5 Å². The van der Waals surface area contributed by atoms with Crippen LogP contribution < -0.4 is 10.2 Å². The van der Waals surface area contributed by atoms with E-state index in [0.29, 0.717) is 0 Å². The lowest BCUT2D eigenvalue weighted by molar-refractivity contribution is 0.123. The number of rotatable bonds is 3. The average molecular weight is 305 g/mol. The molecule has 1 saturated heterocycles. The van der Waals surface area contributed by atoms with E-state index in [-0.39, 0.29) is 0 Å². The lowest BCUT2D eigenvalue weighted by Gasteiger charge is -2.30. The maximum Gasteiger partial charge on any atom is 0.131 e. The maximum absolute atomic E-state index is 5.45. The van der Waals surface area contributed by atoms with E-state index in [9.17, 15) is 0 Å². The minimum atomic E-state index is 0.780. The van der Waals surface area contributed by atoms with Crippen LogP contribution in [0.15, 0.2) is 60.7 Å². The highest BCUT2D eigenvalue weighted by Gasteiger charge is 2.14. The van der Waals surface area contributed by atoms with Crippen molar-refractivity contribution < 1.29 is 4.74 Å². The number of pyridine rings is 1. The first-order valence-corrected chi connectivity index (χ1v) is 7.95. The molecule has 0 bridgehead atoms. The van der Waals surface area contributed by atoms with Gasteiger partial charge in [-0.2, -0.15) is 0 Å². The molecular weight excluding hydrogens is 286 g/mol. The van der Waals surface area contributed by atoms with Crippen molar-refractivity contribution in [1.82, 2.24) is 4.98 Å². The van der Waals surface area contributed by atoms with Crippen LogP contribution in [-0.4, -0.2) is 31.3 Å². The predicted octanol–water partition coefficient (Wildman–Crippen LogP) is 3.82. The summed E-state index contributed by atoms with van der Waals surface area (Å²) in [5, 5.41) is 4.62. The smallest absolute Gasteiger partial charge is 0.131 e. The summed E-state index contributed by atoms with van der Waals surface area (Å²) >= 11 is 0. The number of aromatic nitrogens is 1. The van der Waals surface area contributed by atoms with E-state index in [0.717, 1.165) is 48.7 Å². The first kappa shape index (κ1) is 14.0. The van der Waals surface area contributed by atoms with E-state index in [1.54, 1.807) is 0 Å². The molecule has 4 nitrogen and oxygen atoms in total. The van der Waals surface area contributed by atoms with E-state index in [1.165, 1.54) is 5.69 Å². The minimum Gasteiger partial charge on any atom is -0.378 e. The molecule has 1 aliphatic heterocycles. The summed E-state index contributed by atoms with van der Waals surface area (Å²) in [4.78, 5) is 7.06. The zero-order chi connectivity index (χ0) is 15.5. The molecule has 3 aromatic rings. The molecule has 116 valence electrons. The number of nitrogens with zero attached hydrogens (tertiary/aromatic N) is 2. The molecule has 2 heterocycles. The van der Waals surface area contributed by atoms with Crippen molar-refractivity contribution in [3.63, 3.8) is 0 Å². The molecule has 4 heteroatoms. The molecule has 0 atom stereocenters. The molecule has 1 aromatic heterocycles. The van der Waals surface area contributed by atoms with Crippen molar-refractivity contribution >= 4 is 28.1 Å². The van der Waals surface area contributed by atoms with E-state index in [2.05, 4.69) is 40.5 Å². The van der Waals surface area contributed by atoms with Crippen LogP contribution in [0.5, 0.6) is 0 Å². The molecule has 1 fully saturated rings. The van der Waals surface area contributed by atoms with Gasteiger partial charge in [0.1, 0.15) is 5.82 Å². The van der Waals surface area contributed by atoms with Crippen molar-refractivity contribution in [3.05, 3.63) is 60.7 Å². The molecule has 0 aliphatic carbocycles. The molecule has 1 N–H and O–H groups in total.